The van der Waals surface area contributed by atoms with E-state index in [-0.39, 0.29) is 5.75 Å². The smallest absolute Gasteiger partial charge is 0.268 e. The summed E-state index contributed by atoms with van der Waals surface area (Å²) in [5.74, 6) is 0.383. The van der Waals surface area contributed by atoms with Gasteiger partial charge in [0.15, 0.2) is 0 Å². The summed E-state index contributed by atoms with van der Waals surface area (Å²) in [6.45, 7) is 6.08. The Morgan fingerprint density at radius 2 is 1.58 bits per heavy atom. The van der Waals surface area contributed by atoms with Crippen LogP contribution < -0.4 is 4.74 Å². The van der Waals surface area contributed by atoms with Crippen LogP contribution in [-0.2, 0) is 23.0 Å². The monoisotopic (exact) mass is 384 g/mol. The van der Waals surface area contributed by atoms with Crippen LogP contribution in [0.1, 0.15) is 83.3 Å². The molecule has 1 aromatic rings. The first-order chi connectivity index (χ1) is 12.4. The molecular formula is C21H36O4S. The number of aryl methyl sites for hydroxylation is 2. The second kappa shape index (κ2) is 12.3. The lowest BCUT2D eigenvalue weighted by Gasteiger charge is -2.18. The molecule has 5 heteroatoms. The Kier molecular flexibility index (Phi) is 10.9. The first kappa shape index (κ1) is 23.0. The van der Waals surface area contributed by atoms with Gasteiger partial charge in [-0.25, -0.2) is 0 Å². The van der Waals surface area contributed by atoms with Crippen LogP contribution in [0.3, 0.4) is 0 Å². The van der Waals surface area contributed by atoms with E-state index < -0.39 is 16.2 Å². The molecule has 0 amide bonds. The summed E-state index contributed by atoms with van der Waals surface area (Å²) in [6, 6.07) is 6.35. The van der Waals surface area contributed by atoms with Crippen molar-refractivity contribution in [2.45, 2.75) is 91.1 Å². The van der Waals surface area contributed by atoms with E-state index in [1.165, 1.54) is 44.1 Å². The van der Waals surface area contributed by atoms with Gasteiger partial charge in [-0.15, -0.1) is 0 Å². The Balaban J connectivity index is 2.79. The van der Waals surface area contributed by atoms with Crippen molar-refractivity contribution in [2.24, 2.45) is 0 Å². The molecule has 0 bridgehead atoms. The second-order valence-corrected chi connectivity index (χ2v) is 8.74. The Hall–Kier alpha value is -1.07. The molecule has 0 aliphatic rings. The summed E-state index contributed by atoms with van der Waals surface area (Å²) >= 11 is 0. The van der Waals surface area contributed by atoms with Crippen molar-refractivity contribution in [3.8, 4) is 5.75 Å². The van der Waals surface area contributed by atoms with Crippen LogP contribution in [0.5, 0.6) is 5.75 Å². The Labute approximate surface area is 160 Å². The predicted octanol–water partition coefficient (Wildman–Crippen LogP) is 5.59. The Bertz CT molecular complexity index is 610. The normalized spacial score (nSPS) is 12.9. The minimum atomic E-state index is -4.04. The minimum Gasteiger partial charge on any atom is -0.489 e. The predicted molar refractivity (Wildman–Crippen MR) is 109 cm³/mol. The van der Waals surface area contributed by atoms with Crippen LogP contribution in [0.2, 0.25) is 0 Å². The van der Waals surface area contributed by atoms with Crippen molar-refractivity contribution in [2.75, 3.05) is 5.75 Å². The molecule has 0 saturated carbocycles. The Morgan fingerprint density at radius 1 is 0.962 bits per heavy atom. The third-order valence-corrected chi connectivity index (χ3v) is 5.41. The van der Waals surface area contributed by atoms with Crippen molar-refractivity contribution < 1.29 is 17.7 Å². The first-order valence-electron chi connectivity index (χ1n) is 10.1. The third-order valence-electron chi connectivity index (χ3n) is 4.52. The second-order valence-electron chi connectivity index (χ2n) is 7.24. The summed E-state index contributed by atoms with van der Waals surface area (Å²) in [5, 5.41) is 0. The van der Waals surface area contributed by atoms with E-state index in [2.05, 4.69) is 32.0 Å². The maximum absolute atomic E-state index is 11.1. The van der Waals surface area contributed by atoms with Crippen molar-refractivity contribution in [3.05, 3.63) is 29.3 Å². The molecule has 0 heterocycles. The number of benzene rings is 1. The van der Waals surface area contributed by atoms with Crippen LogP contribution in [-0.4, -0.2) is 24.8 Å². The molecule has 26 heavy (non-hydrogen) atoms. The molecule has 1 rings (SSSR count). The van der Waals surface area contributed by atoms with Crippen molar-refractivity contribution in [3.63, 3.8) is 0 Å². The molecule has 1 atom stereocenters. The molecule has 1 aromatic carbocycles. The highest BCUT2D eigenvalue weighted by atomic mass is 32.2. The van der Waals surface area contributed by atoms with Crippen LogP contribution in [0, 0.1) is 0 Å². The maximum Gasteiger partial charge on any atom is 0.268 e. The number of hydrogen-bond donors (Lipinski definition) is 1. The fourth-order valence-electron chi connectivity index (χ4n) is 3.12. The van der Waals surface area contributed by atoms with Crippen LogP contribution in [0.15, 0.2) is 18.2 Å². The minimum absolute atomic E-state index is 0.386. The fraction of sp³-hybridized carbons (Fsp3) is 0.714. The zero-order chi connectivity index (χ0) is 19.4. The summed E-state index contributed by atoms with van der Waals surface area (Å²) < 4.78 is 37.2. The molecule has 150 valence electrons. The highest BCUT2D eigenvalue weighted by molar-refractivity contribution is 7.85. The van der Waals surface area contributed by atoms with E-state index in [1.54, 1.807) is 6.92 Å². The van der Waals surface area contributed by atoms with Crippen molar-refractivity contribution >= 4 is 10.1 Å². The molecule has 0 aliphatic carbocycles. The quantitative estimate of drug-likeness (QED) is 0.335. The molecule has 0 fully saturated rings. The van der Waals surface area contributed by atoms with Gasteiger partial charge in [-0.2, -0.15) is 8.42 Å². The van der Waals surface area contributed by atoms with Gasteiger partial charge in [0.2, 0.25) is 0 Å². The number of ether oxygens (including phenoxy) is 1. The summed E-state index contributed by atoms with van der Waals surface area (Å²) in [5.41, 5.74) is 2.35. The van der Waals surface area contributed by atoms with Gasteiger partial charge in [0.25, 0.3) is 10.1 Å². The van der Waals surface area contributed by atoms with Crippen LogP contribution >= 0.6 is 0 Å². The van der Waals surface area contributed by atoms with Gasteiger partial charge < -0.3 is 4.74 Å². The zero-order valence-corrected chi connectivity index (χ0v) is 17.5. The number of hydrogen-bond acceptors (Lipinski definition) is 3. The average Bonchev–Trinajstić information content (AvgIpc) is 2.55. The van der Waals surface area contributed by atoms with E-state index in [0.29, 0.717) is 0 Å². The first-order valence-corrected chi connectivity index (χ1v) is 11.7. The third kappa shape index (κ3) is 10.2. The van der Waals surface area contributed by atoms with Gasteiger partial charge in [-0.3, -0.25) is 4.55 Å². The largest absolute Gasteiger partial charge is 0.489 e. The maximum atomic E-state index is 11.1. The standard InChI is InChI=1S/C21H36O4S/c1-4-6-8-10-12-19-14-15-20(13-11-9-7-5-2)21(16-19)25-18(3)17-26(22,23)24/h14-16,18H,4-13,17H2,1-3H3,(H,22,23,24). The van der Waals surface area contributed by atoms with E-state index in [0.717, 1.165) is 37.0 Å². The van der Waals surface area contributed by atoms with Gasteiger partial charge in [0.1, 0.15) is 17.6 Å². The van der Waals surface area contributed by atoms with Gasteiger partial charge in [-0.1, -0.05) is 64.5 Å². The molecule has 4 nitrogen and oxygen atoms in total. The molecular weight excluding hydrogens is 348 g/mol. The topological polar surface area (TPSA) is 63.6 Å². The number of unbranched alkanes of at least 4 members (excludes halogenated alkanes) is 6. The highest BCUT2D eigenvalue weighted by Crippen LogP contribution is 2.25. The SMILES string of the molecule is CCCCCCc1ccc(CCCCCC)c(OC(C)CS(=O)(=O)O)c1. The van der Waals surface area contributed by atoms with Crippen molar-refractivity contribution in [1.82, 2.24) is 0 Å². The fourth-order valence-corrected chi connectivity index (χ4v) is 3.78. The van der Waals surface area contributed by atoms with E-state index in [9.17, 15) is 8.42 Å². The zero-order valence-electron chi connectivity index (χ0n) is 16.7. The van der Waals surface area contributed by atoms with Gasteiger partial charge in [-0.05, 0) is 49.8 Å². The molecule has 0 saturated heterocycles. The van der Waals surface area contributed by atoms with E-state index >= 15 is 0 Å². The molecule has 0 spiro atoms. The summed E-state index contributed by atoms with van der Waals surface area (Å²) in [7, 11) is -4.04. The lowest BCUT2D eigenvalue weighted by Crippen LogP contribution is -2.23. The molecule has 1 unspecified atom stereocenters. The number of rotatable bonds is 14. The van der Waals surface area contributed by atoms with E-state index in [4.69, 9.17) is 9.29 Å². The highest BCUT2D eigenvalue weighted by Gasteiger charge is 2.16. The molecule has 0 aliphatic heterocycles. The average molecular weight is 385 g/mol. The van der Waals surface area contributed by atoms with Crippen LogP contribution in [0.4, 0.5) is 0 Å². The lowest BCUT2D eigenvalue weighted by atomic mass is 10.0. The Morgan fingerprint density at radius 3 is 2.15 bits per heavy atom. The van der Waals surface area contributed by atoms with Gasteiger partial charge in [0.05, 0.1) is 0 Å². The summed E-state index contributed by atoms with van der Waals surface area (Å²) in [4.78, 5) is 0. The van der Waals surface area contributed by atoms with Crippen LogP contribution in [0.25, 0.3) is 0 Å². The molecule has 0 radical (unpaired) electrons. The lowest BCUT2D eigenvalue weighted by molar-refractivity contribution is 0.238. The van der Waals surface area contributed by atoms with Gasteiger partial charge in [0, 0.05) is 0 Å². The van der Waals surface area contributed by atoms with Crippen molar-refractivity contribution in [1.29, 1.82) is 0 Å². The molecule has 0 aromatic heterocycles. The summed E-state index contributed by atoms with van der Waals surface area (Å²) in [6.07, 6.45) is 11.0. The van der Waals surface area contributed by atoms with E-state index in [1.807, 2.05) is 0 Å². The molecule has 1 N–H and O–H groups in total. The van der Waals surface area contributed by atoms with Gasteiger partial charge >= 0.3 is 0 Å².